The van der Waals surface area contributed by atoms with Gasteiger partial charge in [-0.1, -0.05) is 18.6 Å². The van der Waals surface area contributed by atoms with Gasteiger partial charge < -0.3 is 10.2 Å². The van der Waals surface area contributed by atoms with E-state index in [2.05, 4.69) is 6.92 Å². The van der Waals surface area contributed by atoms with Gasteiger partial charge in [0.25, 0.3) is 0 Å². The molecular weight excluding hydrogens is 316 g/mol. The molecular formula is C21H28O4. The van der Waals surface area contributed by atoms with Crippen molar-refractivity contribution in [1.29, 1.82) is 0 Å². The minimum atomic E-state index is -0.605. The molecule has 0 saturated heterocycles. The Labute approximate surface area is 149 Å². The summed E-state index contributed by atoms with van der Waals surface area (Å²) in [5, 5.41) is 21.4. The highest BCUT2D eigenvalue weighted by Crippen LogP contribution is 2.66. The summed E-state index contributed by atoms with van der Waals surface area (Å²) < 4.78 is 0. The van der Waals surface area contributed by atoms with Gasteiger partial charge in [-0.05, 0) is 68.4 Å². The second-order valence-electron chi connectivity index (χ2n) is 8.96. The first kappa shape index (κ1) is 17.2. The van der Waals surface area contributed by atoms with Crippen LogP contribution in [0, 0.1) is 34.5 Å². The van der Waals surface area contributed by atoms with Gasteiger partial charge >= 0.3 is 0 Å². The molecule has 0 aromatic carbocycles. The van der Waals surface area contributed by atoms with Crippen LogP contribution < -0.4 is 0 Å². The summed E-state index contributed by atoms with van der Waals surface area (Å²) in [6, 6.07) is 0. The van der Waals surface area contributed by atoms with Gasteiger partial charge in [-0.3, -0.25) is 9.59 Å². The maximum Gasteiger partial charge on any atom is 0.178 e. The van der Waals surface area contributed by atoms with Crippen LogP contribution >= 0.6 is 0 Å². The molecule has 3 saturated carbocycles. The molecule has 0 amide bonds. The fraction of sp³-hybridized carbons (Fsp3) is 0.714. The van der Waals surface area contributed by atoms with E-state index in [-0.39, 0.29) is 35.4 Å². The largest absolute Gasteiger partial charge is 0.395 e. The zero-order valence-electron chi connectivity index (χ0n) is 15.1. The summed E-state index contributed by atoms with van der Waals surface area (Å²) in [5.74, 6) is 0.896. The monoisotopic (exact) mass is 344 g/mol. The molecule has 4 heteroatoms. The van der Waals surface area contributed by atoms with Gasteiger partial charge in [0, 0.05) is 17.3 Å². The van der Waals surface area contributed by atoms with E-state index in [0.717, 1.165) is 31.3 Å². The van der Waals surface area contributed by atoms with Gasteiger partial charge in [0.05, 0.1) is 12.7 Å². The fourth-order valence-corrected chi connectivity index (χ4v) is 7.05. The molecule has 2 N–H and O–H groups in total. The Morgan fingerprint density at radius 2 is 2.08 bits per heavy atom. The smallest absolute Gasteiger partial charge is 0.178 e. The summed E-state index contributed by atoms with van der Waals surface area (Å²) in [6.07, 6.45) is 8.79. The van der Waals surface area contributed by atoms with Crippen LogP contribution in [-0.4, -0.2) is 34.5 Å². The number of fused-ring (bicyclic) bond motifs is 5. The molecule has 0 heterocycles. The molecule has 4 aliphatic carbocycles. The number of hydrogen-bond acceptors (Lipinski definition) is 4. The normalized spacial score (nSPS) is 48.4. The average molecular weight is 344 g/mol. The van der Waals surface area contributed by atoms with Crippen molar-refractivity contribution in [2.45, 2.75) is 52.1 Å². The highest BCUT2D eigenvalue weighted by atomic mass is 16.3. The summed E-state index contributed by atoms with van der Waals surface area (Å²) in [7, 11) is 0. The molecule has 4 nitrogen and oxygen atoms in total. The standard InChI is InChI=1S/C21H28O4/c1-12(23)16-5-6-17-15-4-3-13-9-14(24)7-8-21(13,11-22)19(15)18(25)10-20(16,17)2/h7-9,15-19,22,25H,3-6,10-11H2,1-2H3/t15-,16?,17-,18?,19+,20+,21+/m0/s1. The minimum absolute atomic E-state index is 0.0230. The molecule has 3 fully saturated rings. The SMILES string of the molecule is CC(=O)C1CC[C@H]2[C@@H]3CCC4=CC(=O)C=C[C@]4(CO)[C@H]3C(O)C[C@]12C. The van der Waals surface area contributed by atoms with Crippen LogP contribution in [0.4, 0.5) is 0 Å². The third kappa shape index (κ3) is 2.20. The molecule has 25 heavy (non-hydrogen) atoms. The summed E-state index contributed by atoms with van der Waals surface area (Å²) in [4.78, 5) is 24.0. The van der Waals surface area contributed by atoms with Gasteiger partial charge in [-0.2, -0.15) is 0 Å². The number of carbonyl (C=O) groups excluding carboxylic acids is 2. The minimum Gasteiger partial charge on any atom is -0.395 e. The first-order chi connectivity index (χ1) is 11.8. The van der Waals surface area contributed by atoms with Crippen molar-refractivity contribution in [2.24, 2.45) is 34.5 Å². The summed E-state index contributed by atoms with van der Waals surface area (Å²) in [6.45, 7) is 3.80. The van der Waals surface area contributed by atoms with Crippen LogP contribution in [0.25, 0.3) is 0 Å². The number of carbonyl (C=O) groups is 2. The third-order valence-corrected chi connectivity index (χ3v) is 8.00. The van der Waals surface area contributed by atoms with E-state index in [4.69, 9.17) is 0 Å². The maximum absolute atomic E-state index is 12.2. The predicted molar refractivity (Wildman–Crippen MR) is 93.6 cm³/mol. The second-order valence-corrected chi connectivity index (χ2v) is 8.96. The number of aliphatic hydroxyl groups is 2. The maximum atomic E-state index is 12.2. The van der Waals surface area contributed by atoms with E-state index in [1.54, 1.807) is 19.1 Å². The number of hydrogen-bond donors (Lipinski definition) is 2. The van der Waals surface area contributed by atoms with Crippen molar-refractivity contribution in [3.05, 3.63) is 23.8 Å². The van der Waals surface area contributed by atoms with Gasteiger partial charge in [0.1, 0.15) is 5.78 Å². The van der Waals surface area contributed by atoms with Crippen molar-refractivity contribution in [1.82, 2.24) is 0 Å². The van der Waals surface area contributed by atoms with Crippen LogP contribution in [-0.2, 0) is 9.59 Å². The predicted octanol–water partition coefficient (Wildman–Crippen LogP) is 2.44. The highest BCUT2D eigenvalue weighted by molar-refractivity contribution is 6.01. The zero-order chi connectivity index (χ0) is 18.0. The van der Waals surface area contributed by atoms with Crippen molar-refractivity contribution < 1.29 is 19.8 Å². The van der Waals surface area contributed by atoms with Crippen LogP contribution in [0.2, 0.25) is 0 Å². The molecule has 2 unspecified atom stereocenters. The Hall–Kier alpha value is -1.26. The van der Waals surface area contributed by atoms with Gasteiger partial charge in [-0.25, -0.2) is 0 Å². The van der Waals surface area contributed by atoms with Crippen LogP contribution in [0.15, 0.2) is 23.8 Å². The van der Waals surface area contributed by atoms with E-state index < -0.39 is 11.5 Å². The van der Waals surface area contributed by atoms with E-state index >= 15 is 0 Å². The lowest BCUT2D eigenvalue weighted by Gasteiger charge is -2.59. The molecule has 0 spiro atoms. The molecule has 7 atom stereocenters. The molecule has 0 aromatic rings. The van der Waals surface area contributed by atoms with E-state index in [1.165, 1.54) is 0 Å². The van der Waals surface area contributed by atoms with Gasteiger partial charge in [-0.15, -0.1) is 0 Å². The molecule has 0 aliphatic heterocycles. The van der Waals surface area contributed by atoms with Gasteiger partial charge in [0.2, 0.25) is 0 Å². The zero-order valence-corrected chi connectivity index (χ0v) is 15.1. The van der Waals surface area contributed by atoms with Crippen molar-refractivity contribution >= 4 is 11.6 Å². The molecule has 0 bridgehead atoms. The van der Waals surface area contributed by atoms with Crippen LogP contribution in [0.5, 0.6) is 0 Å². The Morgan fingerprint density at radius 1 is 1.32 bits per heavy atom. The Balaban J connectivity index is 1.76. The number of rotatable bonds is 2. The average Bonchev–Trinajstić information content (AvgIpc) is 2.91. The van der Waals surface area contributed by atoms with E-state index in [0.29, 0.717) is 18.3 Å². The van der Waals surface area contributed by atoms with Gasteiger partial charge in [0.15, 0.2) is 5.78 Å². The third-order valence-electron chi connectivity index (χ3n) is 8.00. The molecule has 4 aliphatic rings. The summed E-state index contributed by atoms with van der Waals surface area (Å²) >= 11 is 0. The molecule has 136 valence electrons. The second kappa shape index (κ2) is 5.62. The van der Waals surface area contributed by atoms with Crippen molar-refractivity contribution in [3.8, 4) is 0 Å². The fourth-order valence-electron chi connectivity index (χ4n) is 7.05. The van der Waals surface area contributed by atoms with Crippen LogP contribution in [0.1, 0.15) is 46.0 Å². The Morgan fingerprint density at radius 3 is 2.76 bits per heavy atom. The first-order valence-electron chi connectivity index (χ1n) is 9.57. The Kier molecular flexibility index (Phi) is 3.86. The summed E-state index contributed by atoms with van der Waals surface area (Å²) in [5.41, 5.74) is 0.234. The lowest BCUT2D eigenvalue weighted by atomic mass is 9.46. The molecule has 0 radical (unpaired) electrons. The first-order valence-corrected chi connectivity index (χ1v) is 9.57. The number of ketones is 2. The lowest BCUT2D eigenvalue weighted by Crippen LogP contribution is -2.58. The molecule has 4 rings (SSSR count). The lowest BCUT2D eigenvalue weighted by molar-refractivity contribution is -0.141. The number of aliphatic hydroxyl groups excluding tert-OH is 2. The molecule has 0 aromatic heterocycles. The van der Waals surface area contributed by atoms with Crippen molar-refractivity contribution in [3.63, 3.8) is 0 Å². The quantitative estimate of drug-likeness (QED) is 0.807. The number of Topliss-reactive ketones (excluding diaryl/α,β-unsaturated/α-hetero) is 1. The van der Waals surface area contributed by atoms with Crippen molar-refractivity contribution in [2.75, 3.05) is 6.61 Å². The number of allylic oxidation sites excluding steroid dienone is 2. The topological polar surface area (TPSA) is 74.6 Å². The van der Waals surface area contributed by atoms with E-state index in [9.17, 15) is 19.8 Å². The van der Waals surface area contributed by atoms with E-state index in [1.807, 2.05) is 6.08 Å². The van der Waals surface area contributed by atoms with Crippen LogP contribution in [0.3, 0.4) is 0 Å². The highest BCUT2D eigenvalue weighted by Gasteiger charge is 2.63. The Bertz CT molecular complexity index is 677.